The first-order chi connectivity index (χ1) is 9.13. The van der Waals surface area contributed by atoms with Crippen molar-refractivity contribution in [3.63, 3.8) is 0 Å². The number of nitrogens with zero attached hydrogens (tertiary/aromatic N) is 2. The number of halogens is 1. The Hall–Kier alpha value is -1.52. The average Bonchev–Trinajstić information content (AvgIpc) is 2.86. The summed E-state index contributed by atoms with van der Waals surface area (Å²) in [5.41, 5.74) is 8.27. The predicted molar refractivity (Wildman–Crippen MR) is 76.5 cm³/mol. The highest BCUT2D eigenvalue weighted by atomic mass is 35.5. The summed E-state index contributed by atoms with van der Waals surface area (Å²) in [7, 11) is 1.63. The van der Waals surface area contributed by atoms with Gasteiger partial charge in [-0.05, 0) is 37.1 Å². The second kappa shape index (κ2) is 6.08. The number of nitrogens with two attached hydrogens (primary N) is 1. The molecule has 0 aliphatic heterocycles. The Morgan fingerprint density at radius 1 is 1.47 bits per heavy atom. The molecule has 5 heteroatoms. The van der Waals surface area contributed by atoms with E-state index in [0.29, 0.717) is 11.4 Å². The van der Waals surface area contributed by atoms with Gasteiger partial charge in [-0.2, -0.15) is 5.10 Å². The minimum atomic E-state index is -0.164. The molecule has 0 aliphatic rings. The standard InChI is InChI=1S/C14H18ClN3O/c1-3-18-9-10(8-17-18)6-13(16)12-7-11(15)4-5-14(12)19-2/h4-5,7-9,13H,3,6,16H2,1-2H3. The van der Waals surface area contributed by atoms with Crippen LogP contribution in [-0.2, 0) is 13.0 Å². The monoisotopic (exact) mass is 279 g/mol. The zero-order valence-corrected chi connectivity index (χ0v) is 11.9. The average molecular weight is 280 g/mol. The Morgan fingerprint density at radius 3 is 2.89 bits per heavy atom. The van der Waals surface area contributed by atoms with Crippen molar-refractivity contribution in [2.45, 2.75) is 25.9 Å². The van der Waals surface area contributed by atoms with Gasteiger partial charge in [0.05, 0.1) is 13.3 Å². The van der Waals surface area contributed by atoms with Crippen molar-refractivity contribution in [1.29, 1.82) is 0 Å². The van der Waals surface area contributed by atoms with Crippen LogP contribution in [-0.4, -0.2) is 16.9 Å². The molecule has 19 heavy (non-hydrogen) atoms. The van der Waals surface area contributed by atoms with Crippen LogP contribution in [0.4, 0.5) is 0 Å². The molecule has 1 aromatic carbocycles. The van der Waals surface area contributed by atoms with Crippen molar-refractivity contribution in [1.82, 2.24) is 9.78 Å². The van der Waals surface area contributed by atoms with E-state index < -0.39 is 0 Å². The van der Waals surface area contributed by atoms with Crippen molar-refractivity contribution < 1.29 is 4.74 Å². The molecule has 0 saturated heterocycles. The highest BCUT2D eigenvalue weighted by Crippen LogP contribution is 2.28. The number of rotatable bonds is 5. The van der Waals surface area contributed by atoms with E-state index in [1.165, 1.54) is 0 Å². The van der Waals surface area contributed by atoms with Crippen LogP contribution in [0.3, 0.4) is 0 Å². The molecule has 4 nitrogen and oxygen atoms in total. The molecule has 1 aromatic heterocycles. The van der Waals surface area contributed by atoms with Gasteiger partial charge < -0.3 is 10.5 Å². The molecule has 0 fully saturated rings. The normalized spacial score (nSPS) is 12.4. The first-order valence-electron chi connectivity index (χ1n) is 6.24. The van der Waals surface area contributed by atoms with Crippen LogP contribution >= 0.6 is 11.6 Å². The van der Waals surface area contributed by atoms with Gasteiger partial charge in [-0.1, -0.05) is 11.6 Å². The van der Waals surface area contributed by atoms with Gasteiger partial charge in [0.2, 0.25) is 0 Å². The molecule has 0 bridgehead atoms. The second-order valence-corrected chi connectivity index (χ2v) is 4.84. The van der Waals surface area contributed by atoms with Crippen LogP contribution in [0.25, 0.3) is 0 Å². The van der Waals surface area contributed by atoms with E-state index >= 15 is 0 Å². The third-order valence-electron chi connectivity index (χ3n) is 3.06. The number of hydrogen-bond donors (Lipinski definition) is 1. The van der Waals surface area contributed by atoms with Gasteiger partial charge in [0.1, 0.15) is 5.75 Å². The third kappa shape index (κ3) is 3.28. The van der Waals surface area contributed by atoms with Crippen molar-refractivity contribution in [3.05, 3.63) is 46.7 Å². The maximum Gasteiger partial charge on any atom is 0.123 e. The van der Waals surface area contributed by atoms with Crippen LogP contribution in [0.1, 0.15) is 24.1 Å². The molecule has 0 amide bonds. The lowest BCUT2D eigenvalue weighted by atomic mass is 10.0. The molecular weight excluding hydrogens is 262 g/mol. The maximum absolute atomic E-state index is 6.25. The highest BCUT2D eigenvalue weighted by Gasteiger charge is 2.14. The molecule has 2 N–H and O–H groups in total. The summed E-state index contributed by atoms with van der Waals surface area (Å²) >= 11 is 6.02. The molecule has 0 radical (unpaired) electrons. The molecule has 1 unspecified atom stereocenters. The SMILES string of the molecule is CCn1cc(CC(N)c2cc(Cl)ccc2OC)cn1. The van der Waals surface area contributed by atoms with Crippen molar-refractivity contribution in [2.75, 3.05) is 7.11 Å². The minimum absolute atomic E-state index is 0.164. The molecule has 2 aromatic rings. The van der Waals surface area contributed by atoms with E-state index in [1.54, 1.807) is 13.2 Å². The molecular formula is C14H18ClN3O. The predicted octanol–water partition coefficient (Wildman–Crippen LogP) is 2.81. The van der Waals surface area contributed by atoms with Gasteiger partial charge in [0.25, 0.3) is 0 Å². The van der Waals surface area contributed by atoms with E-state index in [0.717, 1.165) is 23.4 Å². The number of hydrogen-bond acceptors (Lipinski definition) is 3. The maximum atomic E-state index is 6.25. The van der Waals surface area contributed by atoms with E-state index in [9.17, 15) is 0 Å². The first kappa shape index (κ1) is 13.9. The summed E-state index contributed by atoms with van der Waals surface area (Å²) in [6.45, 7) is 2.91. The van der Waals surface area contributed by atoms with Gasteiger partial charge in [-0.25, -0.2) is 0 Å². The van der Waals surface area contributed by atoms with E-state index in [4.69, 9.17) is 22.1 Å². The quantitative estimate of drug-likeness (QED) is 0.916. The largest absolute Gasteiger partial charge is 0.496 e. The van der Waals surface area contributed by atoms with Gasteiger partial charge in [-0.15, -0.1) is 0 Å². The second-order valence-electron chi connectivity index (χ2n) is 4.40. The Balaban J connectivity index is 2.19. The lowest BCUT2D eigenvalue weighted by Crippen LogP contribution is -2.14. The Labute approximate surface area is 118 Å². The van der Waals surface area contributed by atoms with E-state index in [2.05, 4.69) is 12.0 Å². The molecule has 1 heterocycles. The lowest BCUT2D eigenvalue weighted by Gasteiger charge is -2.15. The fourth-order valence-electron chi connectivity index (χ4n) is 2.04. The van der Waals surface area contributed by atoms with Crippen LogP contribution in [0, 0.1) is 0 Å². The van der Waals surface area contributed by atoms with Crippen LogP contribution in [0.5, 0.6) is 5.75 Å². The molecule has 1 atom stereocenters. The Kier molecular flexibility index (Phi) is 4.45. The fraction of sp³-hybridized carbons (Fsp3) is 0.357. The van der Waals surface area contributed by atoms with Gasteiger partial charge >= 0.3 is 0 Å². The molecule has 102 valence electrons. The van der Waals surface area contributed by atoms with Gasteiger partial charge in [0.15, 0.2) is 0 Å². The van der Waals surface area contributed by atoms with Gasteiger partial charge in [-0.3, -0.25) is 4.68 Å². The number of ether oxygens (including phenoxy) is 1. The van der Waals surface area contributed by atoms with Crippen molar-refractivity contribution in [3.8, 4) is 5.75 Å². The van der Waals surface area contributed by atoms with E-state index in [-0.39, 0.29) is 6.04 Å². The zero-order valence-electron chi connectivity index (χ0n) is 11.1. The van der Waals surface area contributed by atoms with Crippen molar-refractivity contribution in [2.24, 2.45) is 5.73 Å². The highest BCUT2D eigenvalue weighted by molar-refractivity contribution is 6.30. The zero-order chi connectivity index (χ0) is 13.8. The molecule has 0 spiro atoms. The Bertz CT molecular complexity index is 553. The molecule has 0 aliphatic carbocycles. The first-order valence-corrected chi connectivity index (χ1v) is 6.62. The van der Waals surface area contributed by atoms with Crippen LogP contribution < -0.4 is 10.5 Å². The number of methoxy groups -OCH3 is 1. The number of aryl methyl sites for hydroxylation is 1. The molecule has 0 saturated carbocycles. The summed E-state index contributed by atoms with van der Waals surface area (Å²) in [5, 5.41) is 4.91. The van der Waals surface area contributed by atoms with Gasteiger partial charge in [0, 0.05) is 29.4 Å². The lowest BCUT2D eigenvalue weighted by molar-refractivity contribution is 0.405. The smallest absolute Gasteiger partial charge is 0.123 e. The summed E-state index contributed by atoms with van der Waals surface area (Å²) < 4.78 is 7.21. The summed E-state index contributed by atoms with van der Waals surface area (Å²) in [6, 6.07) is 5.33. The fourth-order valence-corrected chi connectivity index (χ4v) is 2.22. The minimum Gasteiger partial charge on any atom is -0.496 e. The third-order valence-corrected chi connectivity index (χ3v) is 3.29. The van der Waals surface area contributed by atoms with Crippen LogP contribution in [0.2, 0.25) is 5.02 Å². The number of benzene rings is 1. The topological polar surface area (TPSA) is 53.1 Å². The summed E-state index contributed by atoms with van der Waals surface area (Å²) in [6.07, 6.45) is 4.56. The van der Waals surface area contributed by atoms with Crippen LogP contribution in [0.15, 0.2) is 30.6 Å². The molecule has 2 rings (SSSR count). The Morgan fingerprint density at radius 2 is 2.26 bits per heavy atom. The summed E-state index contributed by atoms with van der Waals surface area (Å²) in [4.78, 5) is 0. The van der Waals surface area contributed by atoms with E-state index in [1.807, 2.05) is 29.2 Å². The number of aromatic nitrogens is 2. The summed E-state index contributed by atoms with van der Waals surface area (Å²) in [5.74, 6) is 0.764. The van der Waals surface area contributed by atoms with Crippen molar-refractivity contribution >= 4 is 11.6 Å².